The zero-order chi connectivity index (χ0) is 23.0. The lowest BCUT2D eigenvalue weighted by molar-refractivity contribution is -0.199. The number of nitrogens with two attached hydrogens (primary N) is 1. The highest BCUT2D eigenvalue weighted by Gasteiger charge is 2.60. The summed E-state index contributed by atoms with van der Waals surface area (Å²) in [5.74, 6) is -4.38. The summed E-state index contributed by atoms with van der Waals surface area (Å²) < 4.78 is 21.1. The zero-order valence-corrected chi connectivity index (χ0v) is 18.5. The van der Waals surface area contributed by atoms with Gasteiger partial charge >= 0.3 is 17.7 Å². The molecule has 0 radical (unpaired) electrons. The third-order valence-electron chi connectivity index (χ3n) is 5.91. The van der Waals surface area contributed by atoms with Gasteiger partial charge in [0, 0.05) is 17.0 Å². The molecule has 2 aliphatic rings. The Balaban J connectivity index is 1.84. The van der Waals surface area contributed by atoms with Crippen LogP contribution in [0.2, 0.25) is 5.02 Å². The number of esters is 2. The van der Waals surface area contributed by atoms with Gasteiger partial charge in [-0.2, -0.15) is 0 Å². The van der Waals surface area contributed by atoms with E-state index >= 15 is 0 Å². The summed E-state index contributed by atoms with van der Waals surface area (Å²) in [6.45, 7) is 0. The van der Waals surface area contributed by atoms with E-state index in [2.05, 4.69) is 0 Å². The Morgan fingerprint density at radius 1 is 1.12 bits per heavy atom. The van der Waals surface area contributed by atoms with Crippen molar-refractivity contribution in [1.82, 2.24) is 0 Å². The van der Waals surface area contributed by atoms with Crippen molar-refractivity contribution < 1.29 is 33.6 Å². The van der Waals surface area contributed by atoms with E-state index in [0.29, 0.717) is 28.3 Å². The molecule has 1 aliphatic carbocycles. The van der Waals surface area contributed by atoms with Crippen LogP contribution < -0.4 is 15.2 Å². The fraction of sp³-hybridized carbons (Fsp3) is 0.391. The van der Waals surface area contributed by atoms with Gasteiger partial charge in [0.15, 0.2) is 11.5 Å². The van der Waals surface area contributed by atoms with E-state index in [1.165, 1.54) is 0 Å². The summed E-state index contributed by atoms with van der Waals surface area (Å²) in [5.41, 5.74) is 9.77. The summed E-state index contributed by atoms with van der Waals surface area (Å²) in [6, 6.07) is 6.92. The first-order chi connectivity index (χ1) is 15.3. The molecule has 9 heteroatoms. The minimum atomic E-state index is -2.46. The lowest BCUT2D eigenvalue weighted by Crippen LogP contribution is -2.55. The lowest BCUT2D eigenvalue weighted by atomic mass is 9.84. The molecule has 2 aromatic carbocycles. The van der Waals surface area contributed by atoms with E-state index in [1.807, 2.05) is 0 Å². The van der Waals surface area contributed by atoms with Crippen molar-refractivity contribution in [2.75, 3.05) is 20.0 Å². The topological polar surface area (TPSA) is 117 Å². The van der Waals surface area contributed by atoms with Crippen LogP contribution in [-0.4, -0.2) is 37.1 Å². The average Bonchev–Trinajstić information content (AvgIpc) is 3.23. The highest BCUT2D eigenvalue weighted by atomic mass is 35.5. The van der Waals surface area contributed by atoms with Gasteiger partial charge < -0.3 is 29.8 Å². The maximum absolute atomic E-state index is 12.6. The van der Waals surface area contributed by atoms with Crippen molar-refractivity contribution in [3.63, 3.8) is 0 Å². The number of hydrogen-bond acceptors (Lipinski definition) is 8. The first kappa shape index (κ1) is 22.2. The minimum absolute atomic E-state index is 0.0785. The number of aliphatic hydroxyl groups excluding tert-OH is 1. The molecular weight excluding hydrogens is 438 g/mol. The number of ether oxygens (including phenoxy) is 4. The van der Waals surface area contributed by atoms with Gasteiger partial charge in [-0.1, -0.05) is 23.7 Å². The monoisotopic (exact) mass is 461 g/mol. The van der Waals surface area contributed by atoms with Gasteiger partial charge in [-0.05, 0) is 54.5 Å². The van der Waals surface area contributed by atoms with Gasteiger partial charge in [0.2, 0.25) is 0 Å². The number of carbonyl (C=O) groups is 2. The minimum Gasteiger partial charge on any atom is -0.463 e. The molecule has 1 aliphatic heterocycles. The van der Waals surface area contributed by atoms with Crippen LogP contribution in [0.4, 0.5) is 5.69 Å². The molecule has 4 rings (SSSR count). The van der Waals surface area contributed by atoms with Gasteiger partial charge in [0.05, 0.1) is 26.0 Å². The van der Waals surface area contributed by atoms with E-state index in [-0.39, 0.29) is 17.9 Å². The lowest BCUT2D eigenvalue weighted by Gasteiger charge is -2.24. The van der Waals surface area contributed by atoms with Crippen molar-refractivity contribution in [2.24, 2.45) is 0 Å². The van der Waals surface area contributed by atoms with Crippen molar-refractivity contribution in [3.8, 4) is 11.5 Å². The Hall–Kier alpha value is -2.97. The predicted molar refractivity (Wildman–Crippen MR) is 116 cm³/mol. The molecule has 1 unspecified atom stereocenters. The molecule has 0 amide bonds. The van der Waals surface area contributed by atoms with E-state index in [9.17, 15) is 14.7 Å². The molecule has 2 aromatic rings. The predicted octanol–water partition coefficient (Wildman–Crippen LogP) is 2.89. The van der Waals surface area contributed by atoms with Crippen molar-refractivity contribution in [3.05, 3.63) is 51.5 Å². The fourth-order valence-corrected chi connectivity index (χ4v) is 4.55. The van der Waals surface area contributed by atoms with Crippen LogP contribution in [0, 0.1) is 0 Å². The number of methoxy groups -OCH3 is 2. The zero-order valence-electron chi connectivity index (χ0n) is 17.8. The third kappa shape index (κ3) is 3.53. The Morgan fingerprint density at radius 3 is 2.38 bits per heavy atom. The summed E-state index contributed by atoms with van der Waals surface area (Å²) in [6.07, 6.45) is 2.53. The summed E-state index contributed by atoms with van der Waals surface area (Å²) in [4.78, 5) is 25.1. The molecular formula is C23H24ClNO7. The number of nitrogen functional groups attached to an aromatic ring is 1. The van der Waals surface area contributed by atoms with Crippen LogP contribution in [-0.2, 0) is 38.3 Å². The molecule has 8 nitrogen and oxygen atoms in total. The second-order valence-corrected chi connectivity index (χ2v) is 8.23. The van der Waals surface area contributed by atoms with Crippen LogP contribution in [0.3, 0.4) is 0 Å². The van der Waals surface area contributed by atoms with E-state index < -0.39 is 23.8 Å². The number of carbonyl (C=O) groups excluding carboxylic acids is 2. The summed E-state index contributed by atoms with van der Waals surface area (Å²) in [5, 5.41) is 11.5. The maximum Gasteiger partial charge on any atom is 0.453 e. The summed E-state index contributed by atoms with van der Waals surface area (Å²) >= 11 is 6.09. The molecule has 0 aromatic heterocycles. The van der Waals surface area contributed by atoms with E-state index in [4.69, 9.17) is 36.3 Å². The Labute approximate surface area is 190 Å². The normalized spacial score (nSPS) is 16.8. The van der Waals surface area contributed by atoms with Gasteiger partial charge in [-0.25, -0.2) is 9.59 Å². The highest BCUT2D eigenvalue weighted by Crippen LogP contribution is 2.52. The average molecular weight is 462 g/mol. The molecule has 32 heavy (non-hydrogen) atoms. The highest BCUT2D eigenvalue weighted by molar-refractivity contribution is 6.30. The Kier molecular flexibility index (Phi) is 5.92. The SMILES string of the molecule is COC(=O)C1(C(=O)OC)Oc2c(N)c3c(c(CC(O)c4cccc(Cl)c4)c2O1)CCCC3. The van der Waals surface area contributed by atoms with E-state index in [0.717, 1.165) is 44.6 Å². The second-order valence-electron chi connectivity index (χ2n) is 7.79. The number of anilines is 1. The molecule has 0 spiro atoms. The van der Waals surface area contributed by atoms with Gasteiger partial charge in [-0.3, -0.25) is 0 Å². The number of fused-ring (bicyclic) bond motifs is 2. The van der Waals surface area contributed by atoms with Crippen LogP contribution in [0.1, 0.15) is 41.2 Å². The second kappa shape index (κ2) is 8.52. The molecule has 3 N–H and O–H groups in total. The number of aliphatic hydroxyl groups is 1. The van der Waals surface area contributed by atoms with Gasteiger partial charge in [-0.15, -0.1) is 0 Å². The standard InChI is InChI=1S/C23H24ClNO7/c1-29-21(27)23(22(28)30-2)31-19-16(11-17(26)12-6-5-7-13(24)10-12)14-8-3-4-9-15(14)18(25)20(19)32-23/h5-7,10,17,26H,3-4,8-9,11,25H2,1-2H3. The Bertz CT molecular complexity index is 1070. The quantitative estimate of drug-likeness (QED) is 0.396. The van der Waals surface area contributed by atoms with Crippen molar-refractivity contribution in [2.45, 2.75) is 44.0 Å². The number of rotatable bonds is 5. The maximum atomic E-state index is 12.6. The van der Waals surface area contributed by atoms with Crippen LogP contribution >= 0.6 is 11.6 Å². The Morgan fingerprint density at radius 2 is 1.75 bits per heavy atom. The number of hydrogen-bond donors (Lipinski definition) is 2. The number of halogens is 1. The van der Waals surface area contributed by atoms with Crippen LogP contribution in [0.25, 0.3) is 0 Å². The first-order valence-corrected chi connectivity index (χ1v) is 10.6. The van der Waals surface area contributed by atoms with E-state index in [1.54, 1.807) is 24.3 Å². The molecule has 0 fully saturated rings. The largest absolute Gasteiger partial charge is 0.463 e. The fourth-order valence-electron chi connectivity index (χ4n) is 4.35. The molecule has 1 heterocycles. The van der Waals surface area contributed by atoms with Gasteiger partial charge in [0.1, 0.15) is 0 Å². The number of benzene rings is 2. The van der Waals surface area contributed by atoms with Crippen LogP contribution in [0.15, 0.2) is 24.3 Å². The molecule has 0 saturated heterocycles. The van der Waals surface area contributed by atoms with Crippen LogP contribution in [0.5, 0.6) is 11.5 Å². The van der Waals surface area contributed by atoms with Crippen molar-refractivity contribution >= 4 is 29.2 Å². The third-order valence-corrected chi connectivity index (χ3v) is 6.15. The molecule has 170 valence electrons. The molecule has 1 atom stereocenters. The van der Waals surface area contributed by atoms with Gasteiger partial charge in [0.25, 0.3) is 0 Å². The summed E-state index contributed by atoms with van der Waals surface area (Å²) in [7, 11) is 2.22. The molecule has 0 saturated carbocycles. The molecule has 0 bridgehead atoms. The van der Waals surface area contributed by atoms with Crippen molar-refractivity contribution in [1.29, 1.82) is 0 Å². The smallest absolute Gasteiger partial charge is 0.453 e. The first-order valence-electron chi connectivity index (χ1n) is 10.3.